The zero-order valence-electron chi connectivity index (χ0n) is 22.5. The molecule has 0 fully saturated rings. The van der Waals surface area contributed by atoms with Crippen LogP contribution in [0.5, 0.6) is 23.0 Å². The van der Waals surface area contributed by atoms with E-state index in [-0.39, 0.29) is 17.7 Å². The first-order valence-corrected chi connectivity index (χ1v) is 13.8. The van der Waals surface area contributed by atoms with E-state index in [1.165, 1.54) is 15.9 Å². The number of allylic oxidation sites excluding steroid dienone is 1. The average molecular weight is 618 g/mol. The second kappa shape index (κ2) is 12.1. The van der Waals surface area contributed by atoms with Crippen molar-refractivity contribution in [2.24, 2.45) is 4.99 Å². The molecule has 2 heterocycles. The predicted molar refractivity (Wildman–Crippen MR) is 152 cm³/mol. The Kier molecular flexibility index (Phi) is 8.81. The normalized spacial score (nSPS) is 14.9. The fraction of sp³-hybridized carbons (Fsp3) is 0.321. The number of nitrogens with zero attached hydrogens (tertiary/aromatic N) is 2. The Labute approximate surface area is 238 Å². The van der Waals surface area contributed by atoms with Crippen LogP contribution in [0.4, 0.5) is 0 Å². The molecule has 1 aromatic heterocycles. The van der Waals surface area contributed by atoms with Crippen molar-refractivity contribution in [3.05, 3.63) is 76.9 Å². The van der Waals surface area contributed by atoms with E-state index >= 15 is 0 Å². The lowest BCUT2D eigenvalue weighted by Gasteiger charge is -2.26. The van der Waals surface area contributed by atoms with Crippen LogP contribution in [-0.2, 0) is 9.53 Å². The molecule has 0 bridgehead atoms. The van der Waals surface area contributed by atoms with Gasteiger partial charge in [0.15, 0.2) is 16.3 Å². The van der Waals surface area contributed by atoms with Crippen LogP contribution >= 0.6 is 27.3 Å². The van der Waals surface area contributed by atoms with Crippen LogP contribution in [0.1, 0.15) is 37.9 Å². The summed E-state index contributed by atoms with van der Waals surface area (Å²) in [5.41, 5.74) is 1.66. The molecule has 2 aromatic carbocycles. The number of halogens is 1. The molecule has 11 heteroatoms. The molecule has 0 unspecified atom stereocenters. The number of aromatic nitrogens is 1. The fourth-order valence-corrected chi connectivity index (χ4v) is 5.99. The van der Waals surface area contributed by atoms with E-state index in [4.69, 9.17) is 23.7 Å². The number of rotatable bonds is 9. The van der Waals surface area contributed by atoms with Crippen LogP contribution in [0.3, 0.4) is 0 Å². The summed E-state index contributed by atoms with van der Waals surface area (Å²) in [6.45, 7) is 5.86. The van der Waals surface area contributed by atoms with Crippen molar-refractivity contribution >= 4 is 39.3 Å². The van der Waals surface area contributed by atoms with Crippen molar-refractivity contribution < 1.29 is 28.5 Å². The first kappa shape index (κ1) is 28.4. The summed E-state index contributed by atoms with van der Waals surface area (Å²) in [5.74, 6) is 1.51. The third-order valence-corrected chi connectivity index (χ3v) is 7.72. The number of ether oxygens (including phenoxy) is 5. The van der Waals surface area contributed by atoms with Gasteiger partial charge in [0.1, 0.15) is 17.5 Å². The van der Waals surface area contributed by atoms with Gasteiger partial charge in [0.25, 0.3) is 5.56 Å². The van der Waals surface area contributed by atoms with Crippen LogP contribution in [-0.4, -0.2) is 45.1 Å². The number of fused-ring (bicyclic) bond motifs is 1. The average Bonchev–Trinajstić information content (AvgIpc) is 3.22. The van der Waals surface area contributed by atoms with Crippen molar-refractivity contribution in [2.45, 2.75) is 26.8 Å². The molecule has 0 saturated heterocycles. The van der Waals surface area contributed by atoms with Gasteiger partial charge < -0.3 is 23.7 Å². The predicted octanol–water partition coefficient (Wildman–Crippen LogP) is 3.99. The van der Waals surface area contributed by atoms with Gasteiger partial charge in [-0.2, -0.15) is 0 Å². The van der Waals surface area contributed by atoms with E-state index in [1.807, 2.05) is 19.1 Å². The van der Waals surface area contributed by atoms with Gasteiger partial charge in [0, 0.05) is 17.2 Å². The number of carbonyl (C=O) groups is 1. The summed E-state index contributed by atoms with van der Waals surface area (Å²) in [6, 6.07) is 8.10. The van der Waals surface area contributed by atoms with Gasteiger partial charge in [0.2, 0.25) is 0 Å². The summed E-state index contributed by atoms with van der Waals surface area (Å²) in [5, 5.41) is 0. The van der Waals surface area contributed by atoms with Crippen molar-refractivity contribution in [3.63, 3.8) is 0 Å². The van der Waals surface area contributed by atoms with Gasteiger partial charge in [-0.05, 0) is 54.9 Å². The third kappa shape index (κ3) is 5.33. The molecule has 0 spiro atoms. The zero-order chi connectivity index (χ0) is 28.3. The van der Waals surface area contributed by atoms with Crippen molar-refractivity contribution in [1.82, 2.24) is 4.57 Å². The number of methoxy groups -OCH3 is 3. The summed E-state index contributed by atoms with van der Waals surface area (Å²) in [6.07, 6.45) is 1.74. The van der Waals surface area contributed by atoms with Crippen molar-refractivity contribution in [1.29, 1.82) is 0 Å². The van der Waals surface area contributed by atoms with Crippen LogP contribution in [0, 0.1) is 0 Å². The van der Waals surface area contributed by atoms with E-state index in [0.717, 1.165) is 0 Å². The van der Waals surface area contributed by atoms with Crippen LogP contribution in [0.2, 0.25) is 0 Å². The van der Waals surface area contributed by atoms with Gasteiger partial charge in [0.05, 0.1) is 54.8 Å². The molecule has 0 radical (unpaired) electrons. The molecule has 9 nitrogen and oxygen atoms in total. The zero-order valence-corrected chi connectivity index (χ0v) is 24.9. The summed E-state index contributed by atoms with van der Waals surface area (Å²) < 4.78 is 30.5. The lowest BCUT2D eigenvalue weighted by Crippen LogP contribution is -2.40. The summed E-state index contributed by atoms with van der Waals surface area (Å²) in [7, 11) is 4.66. The van der Waals surface area contributed by atoms with E-state index in [9.17, 15) is 9.59 Å². The standard InChI is InChI=1S/C28H29BrN2O7S/c1-7-37-25-17(10-9-11-19(25)34-4)24-23(27(33)38-8-2)15(3)30-28-31(24)26(32)22(39-28)13-16-12-18(29)21(36-6)14-20(16)35-5/h9-14,24H,7-8H2,1-6H3/t24-/m0/s1. The third-order valence-electron chi connectivity index (χ3n) is 6.12. The SMILES string of the molecule is CCOC(=O)C1=C(C)N=c2sc(=Cc3cc(Br)c(OC)cc3OC)c(=O)n2[C@H]1c1cccc(OC)c1OCC. The quantitative estimate of drug-likeness (QED) is 0.335. The van der Waals surface area contributed by atoms with E-state index < -0.39 is 12.0 Å². The van der Waals surface area contributed by atoms with E-state index in [1.54, 1.807) is 59.5 Å². The molecular formula is C28H29BrN2O7S. The first-order valence-electron chi connectivity index (χ1n) is 12.2. The Balaban J connectivity index is 2.03. The molecule has 0 saturated carbocycles. The Morgan fingerprint density at radius 1 is 1.08 bits per heavy atom. The monoisotopic (exact) mass is 616 g/mol. The van der Waals surface area contributed by atoms with Gasteiger partial charge in [-0.1, -0.05) is 23.5 Å². The molecule has 0 aliphatic carbocycles. The fourth-order valence-electron chi connectivity index (χ4n) is 4.43. The van der Waals surface area contributed by atoms with Crippen molar-refractivity contribution in [3.8, 4) is 23.0 Å². The van der Waals surface area contributed by atoms with Crippen LogP contribution in [0.25, 0.3) is 6.08 Å². The lowest BCUT2D eigenvalue weighted by molar-refractivity contribution is -0.139. The topological polar surface area (TPSA) is 97.6 Å². The Bertz CT molecular complexity index is 1620. The number of esters is 1. The summed E-state index contributed by atoms with van der Waals surface area (Å²) >= 11 is 4.72. The maximum Gasteiger partial charge on any atom is 0.338 e. The number of benzene rings is 2. The van der Waals surface area contributed by atoms with Gasteiger partial charge in [-0.3, -0.25) is 9.36 Å². The summed E-state index contributed by atoms with van der Waals surface area (Å²) in [4.78, 5) is 32.4. The minimum atomic E-state index is -0.844. The molecule has 3 aromatic rings. The molecule has 0 N–H and O–H groups in total. The minimum absolute atomic E-state index is 0.176. The van der Waals surface area contributed by atoms with Gasteiger partial charge >= 0.3 is 5.97 Å². The maximum atomic E-state index is 14.0. The lowest BCUT2D eigenvalue weighted by atomic mass is 9.94. The Hall–Kier alpha value is -3.57. The number of carbonyl (C=O) groups excluding carboxylic acids is 1. The first-order chi connectivity index (χ1) is 18.8. The second-order valence-electron chi connectivity index (χ2n) is 8.34. The van der Waals surface area contributed by atoms with Gasteiger partial charge in [-0.15, -0.1) is 0 Å². The highest BCUT2D eigenvalue weighted by Crippen LogP contribution is 2.41. The molecule has 206 valence electrons. The Morgan fingerprint density at radius 3 is 2.44 bits per heavy atom. The molecule has 1 atom stereocenters. The highest BCUT2D eigenvalue weighted by atomic mass is 79.9. The Morgan fingerprint density at radius 2 is 1.79 bits per heavy atom. The second-order valence-corrected chi connectivity index (χ2v) is 10.2. The molecule has 39 heavy (non-hydrogen) atoms. The number of para-hydroxylation sites is 1. The largest absolute Gasteiger partial charge is 0.496 e. The highest BCUT2D eigenvalue weighted by molar-refractivity contribution is 9.10. The molecular weight excluding hydrogens is 588 g/mol. The number of thiazole rings is 1. The van der Waals surface area contributed by atoms with Crippen LogP contribution in [0.15, 0.2) is 55.9 Å². The smallest absolute Gasteiger partial charge is 0.338 e. The van der Waals surface area contributed by atoms with E-state index in [0.29, 0.717) is 60.2 Å². The van der Waals surface area contributed by atoms with Crippen LogP contribution < -0.4 is 33.8 Å². The van der Waals surface area contributed by atoms with E-state index in [2.05, 4.69) is 20.9 Å². The van der Waals surface area contributed by atoms with Crippen molar-refractivity contribution in [2.75, 3.05) is 34.5 Å². The molecule has 1 aliphatic rings. The number of hydrogen-bond acceptors (Lipinski definition) is 9. The minimum Gasteiger partial charge on any atom is -0.496 e. The number of hydrogen-bond donors (Lipinski definition) is 0. The molecule has 4 rings (SSSR count). The highest BCUT2D eigenvalue weighted by Gasteiger charge is 2.36. The maximum absolute atomic E-state index is 14.0. The van der Waals surface area contributed by atoms with Gasteiger partial charge in [-0.25, -0.2) is 9.79 Å². The molecule has 0 amide bonds. The molecule has 1 aliphatic heterocycles.